The number of aromatic nitrogens is 2. The van der Waals surface area contributed by atoms with Crippen molar-refractivity contribution >= 4 is 39.4 Å². The van der Waals surface area contributed by atoms with E-state index in [2.05, 4.69) is 9.97 Å². The van der Waals surface area contributed by atoms with E-state index < -0.39 is 5.97 Å². The van der Waals surface area contributed by atoms with Crippen LogP contribution in [0.5, 0.6) is 0 Å². The molecule has 2 aromatic heterocycles. The molecule has 1 aromatic carbocycles. The van der Waals surface area contributed by atoms with Gasteiger partial charge in [0.05, 0.1) is 17.8 Å². The van der Waals surface area contributed by atoms with Crippen molar-refractivity contribution in [1.82, 2.24) is 14.9 Å². The lowest BCUT2D eigenvalue weighted by atomic mass is 10.1. The number of urea groups is 1. The number of nitrogens with zero attached hydrogens (tertiary/aromatic N) is 4. The van der Waals surface area contributed by atoms with Crippen LogP contribution < -0.4 is 4.90 Å². The first-order valence-corrected chi connectivity index (χ1v) is 9.93. The van der Waals surface area contributed by atoms with Crippen LogP contribution >= 0.6 is 11.3 Å². The molecule has 0 spiro atoms. The van der Waals surface area contributed by atoms with Crippen molar-refractivity contribution in [1.29, 1.82) is 0 Å². The number of hydrogen-bond acceptors (Lipinski definition) is 6. The van der Waals surface area contributed by atoms with Gasteiger partial charge in [0.1, 0.15) is 4.88 Å². The molecular formula is C20H20N4O3S. The molecule has 1 saturated heterocycles. The quantitative estimate of drug-likeness (QED) is 0.616. The summed E-state index contributed by atoms with van der Waals surface area (Å²) in [5.74, 6) is -0.394. The van der Waals surface area contributed by atoms with E-state index in [1.54, 1.807) is 29.8 Å². The number of amides is 2. The zero-order valence-electron chi connectivity index (χ0n) is 15.7. The van der Waals surface area contributed by atoms with Gasteiger partial charge in [-0.05, 0) is 25.5 Å². The van der Waals surface area contributed by atoms with Gasteiger partial charge in [-0.1, -0.05) is 35.6 Å². The van der Waals surface area contributed by atoms with Gasteiger partial charge in [0, 0.05) is 31.2 Å². The highest BCUT2D eigenvalue weighted by atomic mass is 32.1. The minimum atomic E-state index is -0.394. The molecule has 7 nitrogen and oxygen atoms in total. The van der Waals surface area contributed by atoms with Crippen LogP contribution in [-0.2, 0) is 11.3 Å². The second-order valence-corrected chi connectivity index (χ2v) is 7.46. The van der Waals surface area contributed by atoms with Gasteiger partial charge in [0.15, 0.2) is 5.13 Å². The number of fused-ring (bicyclic) bond motifs is 1. The molecule has 3 heterocycles. The summed E-state index contributed by atoms with van der Waals surface area (Å²) in [6.07, 6.45) is 1.76. The lowest BCUT2D eigenvalue weighted by molar-refractivity contribution is 0.0531. The fourth-order valence-corrected chi connectivity index (χ4v) is 4.27. The van der Waals surface area contributed by atoms with E-state index in [1.165, 1.54) is 11.3 Å². The van der Waals surface area contributed by atoms with Crippen molar-refractivity contribution in [3.8, 4) is 0 Å². The Hall–Kier alpha value is -3.00. The summed E-state index contributed by atoms with van der Waals surface area (Å²) in [4.78, 5) is 37.7. The maximum Gasteiger partial charge on any atom is 0.350 e. The molecule has 28 heavy (non-hydrogen) atoms. The molecule has 0 radical (unpaired) electrons. The molecule has 144 valence electrons. The van der Waals surface area contributed by atoms with Crippen molar-refractivity contribution in [2.24, 2.45) is 0 Å². The summed E-state index contributed by atoms with van der Waals surface area (Å²) < 4.78 is 5.06. The average Bonchev–Trinajstić information content (AvgIpc) is 3.25. The summed E-state index contributed by atoms with van der Waals surface area (Å²) in [5, 5.41) is 1.59. The van der Waals surface area contributed by atoms with Gasteiger partial charge in [-0.2, -0.15) is 0 Å². The molecular weight excluding hydrogens is 376 g/mol. The van der Waals surface area contributed by atoms with Crippen LogP contribution in [0.2, 0.25) is 0 Å². The number of thiazole rings is 1. The van der Waals surface area contributed by atoms with Crippen LogP contribution in [0.3, 0.4) is 0 Å². The minimum Gasteiger partial charge on any atom is -0.462 e. The van der Waals surface area contributed by atoms with Crippen molar-refractivity contribution in [2.75, 3.05) is 24.6 Å². The number of carbonyl (C=O) groups is 2. The molecule has 8 heteroatoms. The molecule has 2 amide bonds. The fourth-order valence-electron chi connectivity index (χ4n) is 3.29. The van der Waals surface area contributed by atoms with E-state index >= 15 is 0 Å². The summed E-state index contributed by atoms with van der Waals surface area (Å²) in [6.45, 7) is 5.44. The van der Waals surface area contributed by atoms with Gasteiger partial charge < -0.3 is 9.64 Å². The monoisotopic (exact) mass is 396 g/mol. The van der Waals surface area contributed by atoms with Crippen LogP contribution in [0, 0.1) is 6.92 Å². The Morgan fingerprint density at radius 2 is 2.07 bits per heavy atom. The van der Waals surface area contributed by atoms with Gasteiger partial charge in [0.2, 0.25) is 0 Å². The van der Waals surface area contributed by atoms with E-state index in [9.17, 15) is 9.59 Å². The Morgan fingerprint density at radius 1 is 1.25 bits per heavy atom. The zero-order chi connectivity index (χ0) is 19.7. The first-order valence-electron chi connectivity index (χ1n) is 9.12. The third-order valence-electron chi connectivity index (χ3n) is 4.65. The molecule has 0 saturated carbocycles. The molecule has 0 aliphatic carbocycles. The summed E-state index contributed by atoms with van der Waals surface area (Å²) in [5.41, 5.74) is 2.50. The Balaban J connectivity index is 1.54. The number of para-hydroxylation sites is 1. The van der Waals surface area contributed by atoms with Gasteiger partial charge in [-0.3, -0.25) is 9.88 Å². The van der Waals surface area contributed by atoms with E-state index in [0.717, 1.165) is 16.5 Å². The second kappa shape index (κ2) is 7.55. The number of benzene rings is 1. The van der Waals surface area contributed by atoms with E-state index in [0.29, 0.717) is 41.9 Å². The molecule has 0 bridgehead atoms. The lowest BCUT2D eigenvalue weighted by Gasteiger charge is -2.17. The third kappa shape index (κ3) is 3.31. The summed E-state index contributed by atoms with van der Waals surface area (Å²) in [7, 11) is 0. The normalized spacial score (nSPS) is 14.1. The second-order valence-electron chi connectivity index (χ2n) is 6.48. The Kier molecular flexibility index (Phi) is 4.95. The van der Waals surface area contributed by atoms with Crippen molar-refractivity contribution in [3.63, 3.8) is 0 Å². The predicted molar refractivity (Wildman–Crippen MR) is 108 cm³/mol. The van der Waals surface area contributed by atoms with Crippen molar-refractivity contribution < 1.29 is 14.3 Å². The number of aryl methyl sites for hydroxylation is 1. The smallest absolute Gasteiger partial charge is 0.350 e. The highest BCUT2D eigenvalue weighted by Gasteiger charge is 2.33. The molecule has 1 aliphatic rings. The van der Waals surface area contributed by atoms with Crippen molar-refractivity contribution in [2.45, 2.75) is 20.4 Å². The number of esters is 1. The number of anilines is 1. The largest absolute Gasteiger partial charge is 0.462 e. The SMILES string of the molecule is CCOC(=O)c1sc(N2CCN(Cc3cccc4cccnc34)C2=O)nc1C. The summed E-state index contributed by atoms with van der Waals surface area (Å²) in [6, 6.07) is 9.79. The molecule has 1 aliphatic heterocycles. The van der Waals surface area contributed by atoms with Crippen molar-refractivity contribution in [3.05, 3.63) is 52.7 Å². The Morgan fingerprint density at radius 3 is 2.89 bits per heavy atom. The first-order chi connectivity index (χ1) is 13.6. The van der Waals surface area contributed by atoms with Gasteiger partial charge in [0.25, 0.3) is 0 Å². The summed E-state index contributed by atoms with van der Waals surface area (Å²) >= 11 is 1.20. The number of ether oxygens (including phenoxy) is 1. The number of hydrogen-bond donors (Lipinski definition) is 0. The third-order valence-corrected chi connectivity index (χ3v) is 5.81. The zero-order valence-corrected chi connectivity index (χ0v) is 16.5. The molecule has 1 fully saturated rings. The van der Waals surface area contributed by atoms with Gasteiger partial charge in [-0.25, -0.2) is 14.6 Å². The number of carbonyl (C=O) groups excluding carboxylic acids is 2. The molecule has 0 N–H and O–H groups in total. The van der Waals surface area contributed by atoms with Crippen LogP contribution in [0.25, 0.3) is 10.9 Å². The van der Waals surface area contributed by atoms with Gasteiger partial charge >= 0.3 is 12.0 Å². The minimum absolute atomic E-state index is 0.114. The average molecular weight is 396 g/mol. The maximum atomic E-state index is 12.9. The van der Waals surface area contributed by atoms with Crippen LogP contribution in [0.1, 0.15) is 27.9 Å². The fraction of sp³-hybridized carbons (Fsp3) is 0.300. The maximum absolute atomic E-state index is 12.9. The van der Waals surface area contributed by atoms with E-state index in [-0.39, 0.29) is 6.03 Å². The van der Waals surface area contributed by atoms with E-state index in [1.807, 2.05) is 30.3 Å². The highest BCUT2D eigenvalue weighted by molar-refractivity contribution is 7.17. The lowest BCUT2D eigenvalue weighted by Crippen LogP contribution is -2.31. The molecule has 0 unspecified atom stereocenters. The number of rotatable bonds is 5. The molecule has 4 rings (SSSR count). The predicted octanol–water partition coefficient (Wildman–Crippen LogP) is 3.62. The standard InChI is InChI=1S/C20H20N4O3S/c1-3-27-18(25)17-13(2)22-19(28-17)24-11-10-23(20(24)26)12-15-7-4-6-14-8-5-9-21-16(14)15/h4-9H,3,10-12H2,1-2H3. The molecule has 0 atom stereocenters. The number of pyridine rings is 1. The van der Waals surface area contributed by atoms with Crippen LogP contribution in [-0.4, -0.2) is 46.6 Å². The highest BCUT2D eigenvalue weighted by Crippen LogP contribution is 2.30. The van der Waals surface area contributed by atoms with Crippen LogP contribution in [0.15, 0.2) is 36.5 Å². The molecule has 3 aromatic rings. The Bertz CT molecular complexity index is 1040. The van der Waals surface area contributed by atoms with Gasteiger partial charge in [-0.15, -0.1) is 0 Å². The first kappa shape index (κ1) is 18.4. The van der Waals surface area contributed by atoms with Crippen LogP contribution in [0.4, 0.5) is 9.93 Å². The topological polar surface area (TPSA) is 75.6 Å². The van der Waals surface area contributed by atoms with E-state index in [4.69, 9.17) is 4.74 Å². The Labute approximate surface area is 166 Å².